The fourth-order valence-corrected chi connectivity index (χ4v) is 2.03. The van der Waals surface area contributed by atoms with Crippen LogP contribution in [0.1, 0.15) is 13.8 Å². The van der Waals surface area contributed by atoms with E-state index < -0.39 is 0 Å². The molecule has 1 aromatic carbocycles. The third kappa shape index (κ3) is 2.08. The van der Waals surface area contributed by atoms with Gasteiger partial charge in [-0.25, -0.2) is 4.98 Å². The molecule has 0 saturated carbocycles. The summed E-state index contributed by atoms with van der Waals surface area (Å²) in [5, 5.41) is 0. The molecule has 0 fully saturated rings. The zero-order valence-corrected chi connectivity index (χ0v) is 11.2. The summed E-state index contributed by atoms with van der Waals surface area (Å²) >= 11 is 0. The first-order valence-corrected chi connectivity index (χ1v) is 5.94. The Bertz CT molecular complexity index is 561. The summed E-state index contributed by atoms with van der Waals surface area (Å²) in [5.74, 6) is 2.38. The first-order chi connectivity index (χ1) is 8.56. The van der Waals surface area contributed by atoms with E-state index in [2.05, 4.69) is 18.8 Å². The van der Waals surface area contributed by atoms with Gasteiger partial charge in [-0.2, -0.15) is 0 Å². The van der Waals surface area contributed by atoms with E-state index in [4.69, 9.17) is 15.2 Å². The van der Waals surface area contributed by atoms with Gasteiger partial charge in [0.15, 0.2) is 11.5 Å². The number of aromatic nitrogens is 2. The quantitative estimate of drug-likeness (QED) is 0.903. The van der Waals surface area contributed by atoms with E-state index in [1.165, 1.54) is 0 Å². The smallest absolute Gasteiger partial charge is 0.201 e. The zero-order chi connectivity index (χ0) is 13.3. The Kier molecular flexibility index (Phi) is 3.32. The molecule has 0 atom stereocenters. The Morgan fingerprint density at radius 1 is 1.22 bits per heavy atom. The summed E-state index contributed by atoms with van der Waals surface area (Å²) in [5.41, 5.74) is 7.75. The molecular weight excluding hydrogens is 230 g/mol. The minimum atomic E-state index is 0.498. The van der Waals surface area contributed by atoms with Crippen molar-refractivity contribution in [3.63, 3.8) is 0 Å². The number of nitrogens with zero attached hydrogens (tertiary/aromatic N) is 2. The molecule has 1 heterocycles. The van der Waals surface area contributed by atoms with Crippen molar-refractivity contribution in [3.05, 3.63) is 12.1 Å². The number of fused-ring (bicyclic) bond motifs is 1. The van der Waals surface area contributed by atoms with Crippen LogP contribution in [-0.4, -0.2) is 23.8 Å². The van der Waals surface area contributed by atoms with Gasteiger partial charge in [-0.3, -0.25) is 0 Å². The number of nitrogen functional groups attached to an aromatic ring is 1. The van der Waals surface area contributed by atoms with E-state index in [0.29, 0.717) is 23.4 Å². The van der Waals surface area contributed by atoms with Crippen LogP contribution in [0.2, 0.25) is 0 Å². The molecule has 0 radical (unpaired) electrons. The molecule has 0 bridgehead atoms. The Morgan fingerprint density at radius 2 is 1.83 bits per heavy atom. The van der Waals surface area contributed by atoms with Crippen molar-refractivity contribution >= 4 is 17.0 Å². The Labute approximate surface area is 107 Å². The van der Waals surface area contributed by atoms with E-state index in [1.54, 1.807) is 14.2 Å². The lowest BCUT2D eigenvalue weighted by atomic mass is 10.2. The highest BCUT2D eigenvalue weighted by Gasteiger charge is 2.14. The predicted octanol–water partition coefficient (Wildman–Crippen LogP) is 2.29. The minimum Gasteiger partial charge on any atom is -0.493 e. The second kappa shape index (κ2) is 4.76. The van der Waals surface area contributed by atoms with Gasteiger partial charge in [0.05, 0.1) is 25.3 Å². The third-order valence-electron chi connectivity index (χ3n) is 2.83. The lowest BCUT2D eigenvalue weighted by molar-refractivity contribution is 0.355. The predicted molar refractivity (Wildman–Crippen MR) is 72.1 cm³/mol. The van der Waals surface area contributed by atoms with Gasteiger partial charge in [-0.05, 0) is 5.92 Å². The number of benzene rings is 1. The van der Waals surface area contributed by atoms with Crippen LogP contribution in [0.4, 0.5) is 5.95 Å². The van der Waals surface area contributed by atoms with Crippen LogP contribution in [0.25, 0.3) is 11.0 Å². The van der Waals surface area contributed by atoms with Gasteiger partial charge in [-0.1, -0.05) is 13.8 Å². The SMILES string of the molecule is COc1cc2nc(N)n(CC(C)C)c2cc1OC. The molecule has 2 rings (SSSR count). The van der Waals surface area contributed by atoms with Crippen LogP contribution >= 0.6 is 0 Å². The first-order valence-electron chi connectivity index (χ1n) is 5.94. The van der Waals surface area contributed by atoms with Crippen molar-refractivity contribution < 1.29 is 9.47 Å². The summed E-state index contributed by atoms with van der Waals surface area (Å²) in [7, 11) is 3.23. The second-order valence-corrected chi connectivity index (χ2v) is 4.67. The molecule has 0 saturated heterocycles. The van der Waals surface area contributed by atoms with E-state index in [-0.39, 0.29) is 0 Å². The Hall–Kier alpha value is -1.91. The normalized spacial score (nSPS) is 11.2. The van der Waals surface area contributed by atoms with Gasteiger partial charge in [0.25, 0.3) is 0 Å². The highest BCUT2D eigenvalue weighted by molar-refractivity contribution is 5.82. The summed E-state index contributed by atoms with van der Waals surface area (Å²) in [6, 6.07) is 3.77. The molecule has 1 aromatic heterocycles. The molecule has 0 aliphatic heterocycles. The summed E-state index contributed by atoms with van der Waals surface area (Å²) in [4.78, 5) is 4.36. The van der Waals surface area contributed by atoms with E-state index in [0.717, 1.165) is 17.6 Å². The fraction of sp³-hybridized carbons (Fsp3) is 0.462. The molecule has 0 aliphatic carbocycles. The first kappa shape index (κ1) is 12.5. The van der Waals surface area contributed by atoms with Crippen LogP contribution in [-0.2, 0) is 6.54 Å². The van der Waals surface area contributed by atoms with Crippen LogP contribution in [0.3, 0.4) is 0 Å². The van der Waals surface area contributed by atoms with Crippen molar-refractivity contribution in [1.82, 2.24) is 9.55 Å². The van der Waals surface area contributed by atoms with Crippen molar-refractivity contribution in [2.45, 2.75) is 20.4 Å². The molecule has 2 N–H and O–H groups in total. The average Bonchev–Trinajstić information content (AvgIpc) is 2.63. The molecule has 2 aromatic rings. The maximum Gasteiger partial charge on any atom is 0.201 e. The average molecular weight is 249 g/mol. The molecule has 0 spiro atoms. The molecule has 0 aliphatic rings. The van der Waals surface area contributed by atoms with E-state index >= 15 is 0 Å². The minimum absolute atomic E-state index is 0.498. The van der Waals surface area contributed by atoms with Gasteiger partial charge < -0.3 is 19.8 Å². The molecule has 5 heteroatoms. The van der Waals surface area contributed by atoms with Crippen LogP contribution in [0.15, 0.2) is 12.1 Å². The van der Waals surface area contributed by atoms with Crippen molar-refractivity contribution in [3.8, 4) is 11.5 Å². The Morgan fingerprint density at radius 3 is 2.39 bits per heavy atom. The number of hydrogen-bond acceptors (Lipinski definition) is 4. The maximum absolute atomic E-state index is 5.95. The van der Waals surface area contributed by atoms with Crippen molar-refractivity contribution in [2.75, 3.05) is 20.0 Å². The van der Waals surface area contributed by atoms with Gasteiger partial charge in [0.2, 0.25) is 5.95 Å². The van der Waals surface area contributed by atoms with Gasteiger partial charge in [-0.15, -0.1) is 0 Å². The fourth-order valence-electron chi connectivity index (χ4n) is 2.03. The number of hydrogen-bond donors (Lipinski definition) is 1. The second-order valence-electron chi connectivity index (χ2n) is 4.67. The number of nitrogens with two attached hydrogens (primary N) is 1. The molecule has 5 nitrogen and oxygen atoms in total. The topological polar surface area (TPSA) is 62.3 Å². The molecule has 98 valence electrons. The highest BCUT2D eigenvalue weighted by atomic mass is 16.5. The van der Waals surface area contributed by atoms with Gasteiger partial charge in [0, 0.05) is 18.7 Å². The number of anilines is 1. The number of imidazole rings is 1. The standard InChI is InChI=1S/C13H19N3O2/c1-8(2)7-16-10-6-12(18-4)11(17-3)5-9(10)15-13(16)14/h5-6,8H,7H2,1-4H3,(H2,14,15). The largest absolute Gasteiger partial charge is 0.493 e. The number of rotatable bonds is 4. The number of ether oxygens (including phenoxy) is 2. The monoisotopic (exact) mass is 249 g/mol. The van der Waals surface area contributed by atoms with Gasteiger partial charge in [0.1, 0.15) is 0 Å². The van der Waals surface area contributed by atoms with Crippen molar-refractivity contribution in [1.29, 1.82) is 0 Å². The summed E-state index contributed by atoms with van der Waals surface area (Å²) in [6.45, 7) is 5.12. The maximum atomic E-state index is 5.95. The molecule has 18 heavy (non-hydrogen) atoms. The lowest BCUT2D eigenvalue weighted by Crippen LogP contribution is -2.07. The summed E-state index contributed by atoms with van der Waals surface area (Å²) in [6.07, 6.45) is 0. The van der Waals surface area contributed by atoms with Crippen LogP contribution in [0.5, 0.6) is 11.5 Å². The van der Waals surface area contributed by atoms with Crippen LogP contribution in [0, 0.1) is 5.92 Å². The third-order valence-corrected chi connectivity index (χ3v) is 2.83. The lowest BCUT2D eigenvalue weighted by Gasteiger charge is -2.11. The molecular formula is C13H19N3O2. The van der Waals surface area contributed by atoms with Crippen molar-refractivity contribution in [2.24, 2.45) is 5.92 Å². The van der Waals surface area contributed by atoms with E-state index in [9.17, 15) is 0 Å². The van der Waals surface area contributed by atoms with E-state index in [1.807, 2.05) is 16.7 Å². The molecule has 0 unspecified atom stereocenters. The Balaban J connectivity index is 2.62. The zero-order valence-electron chi connectivity index (χ0n) is 11.2. The highest BCUT2D eigenvalue weighted by Crippen LogP contribution is 2.33. The van der Waals surface area contributed by atoms with Gasteiger partial charge >= 0.3 is 0 Å². The molecule has 0 amide bonds. The summed E-state index contributed by atoms with van der Waals surface area (Å²) < 4.78 is 12.6. The number of methoxy groups -OCH3 is 2. The van der Waals surface area contributed by atoms with Crippen LogP contribution < -0.4 is 15.2 Å².